The standard InChI is InChI=1S/C13H23N3O2S/c1-9-3-4-11(5-10(9)2)16-19(17,18)13-6-12(7-14)15-8-13/h6,8-11,15-16H,3-5,7,14H2,1-2H3. The van der Waals surface area contributed by atoms with Crippen LogP contribution in [0.3, 0.4) is 0 Å². The molecule has 19 heavy (non-hydrogen) atoms. The quantitative estimate of drug-likeness (QED) is 0.784. The van der Waals surface area contributed by atoms with Gasteiger partial charge in [0.2, 0.25) is 10.0 Å². The van der Waals surface area contributed by atoms with Gasteiger partial charge in [-0.3, -0.25) is 0 Å². The number of aromatic amines is 1. The van der Waals surface area contributed by atoms with E-state index in [2.05, 4.69) is 23.6 Å². The maximum atomic E-state index is 12.2. The summed E-state index contributed by atoms with van der Waals surface area (Å²) in [5.41, 5.74) is 6.21. The summed E-state index contributed by atoms with van der Waals surface area (Å²) in [5, 5.41) is 0. The topological polar surface area (TPSA) is 88.0 Å². The average molecular weight is 285 g/mol. The van der Waals surface area contributed by atoms with E-state index >= 15 is 0 Å². The third-order valence-electron chi connectivity index (χ3n) is 4.17. The third-order valence-corrected chi connectivity index (χ3v) is 5.67. The maximum Gasteiger partial charge on any atom is 0.242 e. The van der Waals surface area contributed by atoms with Crippen LogP contribution in [0, 0.1) is 11.8 Å². The predicted molar refractivity (Wildman–Crippen MR) is 75.0 cm³/mol. The Hall–Kier alpha value is -0.850. The lowest BCUT2D eigenvalue weighted by Crippen LogP contribution is -2.39. The van der Waals surface area contributed by atoms with Crippen LogP contribution in [0.15, 0.2) is 17.2 Å². The highest BCUT2D eigenvalue weighted by atomic mass is 32.2. The molecular formula is C13H23N3O2S. The first kappa shape index (κ1) is 14.6. The van der Waals surface area contributed by atoms with Crippen molar-refractivity contribution in [2.45, 2.75) is 50.6 Å². The lowest BCUT2D eigenvalue weighted by molar-refractivity contribution is 0.242. The van der Waals surface area contributed by atoms with Gasteiger partial charge in [0.05, 0.1) is 4.90 Å². The van der Waals surface area contributed by atoms with Crippen LogP contribution in [0.1, 0.15) is 38.8 Å². The zero-order valence-electron chi connectivity index (χ0n) is 11.5. The highest BCUT2D eigenvalue weighted by molar-refractivity contribution is 7.89. The fourth-order valence-electron chi connectivity index (χ4n) is 2.63. The van der Waals surface area contributed by atoms with Crippen LogP contribution in [0.5, 0.6) is 0 Å². The van der Waals surface area contributed by atoms with Crippen molar-refractivity contribution in [2.75, 3.05) is 0 Å². The van der Waals surface area contributed by atoms with Gasteiger partial charge >= 0.3 is 0 Å². The Morgan fingerprint density at radius 2 is 2.11 bits per heavy atom. The lowest BCUT2D eigenvalue weighted by atomic mass is 9.79. The predicted octanol–water partition coefficient (Wildman–Crippen LogP) is 1.58. The van der Waals surface area contributed by atoms with Gasteiger partial charge < -0.3 is 10.7 Å². The number of hydrogen-bond acceptors (Lipinski definition) is 3. The summed E-state index contributed by atoms with van der Waals surface area (Å²) >= 11 is 0. The molecule has 1 heterocycles. The molecule has 0 aliphatic heterocycles. The molecule has 0 aromatic carbocycles. The van der Waals surface area contributed by atoms with E-state index in [0.29, 0.717) is 18.4 Å². The van der Waals surface area contributed by atoms with Gasteiger partial charge in [0, 0.05) is 24.5 Å². The van der Waals surface area contributed by atoms with Gasteiger partial charge in [-0.1, -0.05) is 13.8 Å². The molecule has 3 unspecified atom stereocenters. The Morgan fingerprint density at radius 3 is 2.68 bits per heavy atom. The molecule has 1 saturated carbocycles. The van der Waals surface area contributed by atoms with Crippen LogP contribution >= 0.6 is 0 Å². The fraction of sp³-hybridized carbons (Fsp3) is 0.692. The van der Waals surface area contributed by atoms with E-state index in [4.69, 9.17) is 5.73 Å². The molecule has 2 rings (SSSR count). The number of rotatable bonds is 4. The van der Waals surface area contributed by atoms with Gasteiger partial charge in [-0.15, -0.1) is 0 Å². The average Bonchev–Trinajstić information content (AvgIpc) is 2.83. The van der Waals surface area contributed by atoms with Crippen molar-refractivity contribution in [1.29, 1.82) is 0 Å². The normalized spacial score (nSPS) is 28.5. The number of nitrogens with one attached hydrogen (secondary N) is 2. The molecule has 108 valence electrons. The molecule has 3 atom stereocenters. The second-order valence-corrected chi connectivity index (χ2v) is 7.36. The molecule has 1 fully saturated rings. The number of hydrogen-bond donors (Lipinski definition) is 3. The molecule has 0 radical (unpaired) electrons. The van der Waals surface area contributed by atoms with Gasteiger partial charge in [-0.2, -0.15) is 0 Å². The van der Waals surface area contributed by atoms with Crippen molar-refractivity contribution in [1.82, 2.24) is 9.71 Å². The van der Waals surface area contributed by atoms with Crippen molar-refractivity contribution < 1.29 is 8.42 Å². The number of H-pyrrole nitrogens is 1. The van der Waals surface area contributed by atoms with E-state index in [9.17, 15) is 8.42 Å². The molecule has 1 aromatic heterocycles. The van der Waals surface area contributed by atoms with Crippen molar-refractivity contribution in [3.05, 3.63) is 18.0 Å². The maximum absolute atomic E-state index is 12.2. The van der Waals surface area contributed by atoms with Crippen LogP contribution in [0.25, 0.3) is 0 Å². The lowest BCUT2D eigenvalue weighted by Gasteiger charge is -2.32. The summed E-state index contributed by atoms with van der Waals surface area (Å²) in [6.07, 6.45) is 4.41. The highest BCUT2D eigenvalue weighted by Crippen LogP contribution is 2.30. The Morgan fingerprint density at radius 1 is 1.37 bits per heavy atom. The molecule has 0 amide bonds. The molecule has 4 N–H and O–H groups in total. The summed E-state index contributed by atoms with van der Waals surface area (Å²) in [7, 11) is -3.43. The van der Waals surface area contributed by atoms with Gasteiger partial charge in [0.1, 0.15) is 0 Å². The second kappa shape index (κ2) is 5.64. The molecule has 0 bridgehead atoms. The number of aromatic nitrogens is 1. The van der Waals surface area contributed by atoms with Crippen LogP contribution < -0.4 is 10.5 Å². The van der Waals surface area contributed by atoms with Crippen LogP contribution in [-0.4, -0.2) is 19.4 Å². The number of nitrogens with two attached hydrogens (primary N) is 1. The van der Waals surface area contributed by atoms with Crippen molar-refractivity contribution in [3.63, 3.8) is 0 Å². The summed E-state index contributed by atoms with van der Waals surface area (Å²) < 4.78 is 27.3. The number of sulfonamides is 1. The van der Waals surface area contributed by atoms with E-state index in [1.165, 1.54) is 6.20 Å². The van der Waals surface area contributed by atoms with Crippen LogP contribution in [-0.2, 0) is 16.6 Å². The zero-order valence-corrected chi connectivity index (χ0v) is 12.3. The Bertz CT molecular complexity index is 524. The molecule has 0 spiro atoms. The molecule has 0 saturated heterocycles. The smallest absolute Gasteiger partial charge is 0.242 e. The van der Waals surface area contributed by atoms with Gasteiger partial charge in [-0.05, 0) is 37.2 Å². The van der Waals surface area contributed by atoms with E-state index in [1.54, 1.807) is 6.07 Å². The van der Waals surface area contributed by atoms with Crippen LogP contribution in [0.4, 0.5) is 0 Å². The van der Waals surface area contributed by atoms with Crippen molar-refractivity contribution in [3.8, 4) is 0 Å². The van der Waals surface area contributed by atoms with E-state index in [0.717, 1.165) is 25.0 Å². The van der Waals surface area contributed by atoms with Crippen molar-refractivity contribution >= 4 is 10.0 Å². The largest absolute Gasteiger partial charge is 0.363 e. The first-order valence-electron chi connectivity index (χ1n) is 6.82. The van der Waals surface area contributed by atoms with Crippen LogP contribution in [0.2, 0.25) is 0 Å². The van der Waals surface area contributed by atoms with E-state index in [-0.39, 0.29) is 10.9 Å². The Labute approximate surface area is 115 Å². The summed E-state index contributed by atoms with van der Waals surface area (Å²) in [6, 6.07) is 1.64. The SMILES string of the molecule is CC1CCC(NS(=O)(=O)c2c[nH]c(CN)c2)CC1C. The molecule has 1 aliphatic carbocycles. The fourth-order valence-corrected chi connectivity index (χ4v) is 3.93. The molecule has 5 nitrogen and oxygen atoms in total. The Balaban J connectivity index is 2.05. The minimum atomic E-state index is -3.43. The second-order valence-electron chi connectivity index (χ2n) is 5.65. The van der Waals surface area contributed by atoms with E-state index < -0.39 is 10.0 Å². The first-order chi connectivity index (χ1) is 8.92. The Kier molecular flexibility index (Phi) is 4.32. The summed E-state index contributed by atoms with van der Waals surface area (Å²) in [4.78, 5) is 3.15. The zero-order chi connectivity index (χ0) is 14.0. The minimum Gasteiger partial charge on any atom is -0.363 e. The monoisotopic (exact) mass is 285 g/mol. The molecule has 6 heteroatoms. The van der Waals surface area contributed by atoms with Gasteiger partial charge in [-0.25, -0.2) is 13.1 Å². The summed E-state index contributed by atoms with van der Waals surface area (Å²) in [6.45, 7) is 4.73. The first-order valence-corrected chi connectivity index (χ1v) is 8.30. The molecular weight excluding hydrogens is 262 g/mol. The van der Waals surface area contributed by atoms with E-state index in [1.807, 2.05) is 0 Å². The molecule has 1 aliphatic rings. The minimum absolute atomic E-state index is 0.0485. The molecule has 1 aromatic rings. The van der Waals surface area contributed by atoms with Gasteiger partial charge in [0.15, 0.2) is 0 Å². The highest BCUT2D eigenvalue weighted by Gasteiger charge is 2.28. The summed E-state index contributed by atoms with van der Waals surface area (Å²) in [5.74, 6) is 1.24. The van der Waals surface area contributed by atoms with Gasteiger partial charge in [0.25, 0.3) is 0 Å². The third kappa shape index (κ3) is 3.38. The van der Waals surface area contributed by atoms with Crippen molar-refractivity contribution in [2.24, 2.45) is 17.6 Å².